The van der Waals surface area contributed by atoms with Crippen molar-refractivity contribution in [1.29, 1.82) is 0 Å². The number of urea groups is 1. The molecule has 0 saturated heterocycles. The van der Waals surface area contributed by atoms with Crippen LogP contribution in [-0.2, 0) is 12.8 Å². The number of nitrogens with one attached hydrogen (secondary N) is 2. The molecule has 0 aromatic heterocycles. The molecule has 3 nitrogen and oxygen atoms in total. The average Bonchev–Trinajstić information content (AvgIpc) is 2.92. The second-order valence-electron chi connectivity index (χ2n) is 5.43. The average molecular weight is 280 g/mol. The molecule has 0 aliphatic heterocycles. The molecule has 2 aromatic carbocycles. The van der Waals surface area contributed by atoms with Crippen LogP contribution in [0.3, 0.4) is 0 Å². The van der Waals surface area contributed by atoms with E-state index in [0.29, 0.717) is 6.54 Å². The van der Waals surface area contributed by atoms with Gasteiger partial charge in [-0.15, -0.1) is 0 Å². The van der Waals surface area contributed by atoms with E-state index in [1.54, 1.807) is 0 Å². The third-order valence-electron chi connectivity index (χ3n) is 3.98. The van der Waals surface area contributed by atoms with Crippen molar-refractivity contribution >= 4 is 6.03 Å². The second kappa shape index (κ2) is 6.44. The Kier molecular flexibility index (Phi) is 4.20. The standard InChI is InChI=1S/C18H20N2O/c21-18(19-13-12-14-6-2-1-3-7-14)20-17-11-10-15-8-4-5-9-16(15)17/h1-9,17H,10-13H2,(H2,19,20,21). The molecule has 0 fully saturated rings. The van der Waals surface area contributed by atoms with Crippen molar-refractivity contribution in [3.8, 4) is 0 Å². The summed E-state index contributed by atoms with van der Waals surface area (Å²) in [5, 5.41) is 6.01. The number of hydrogen-bond acceptors (Lipinski definition) is 1. The Morgan fingerprint density at radius 3 is 2.67 bits per heavy atom. The monoisotopic (exact) mass is 280 g/mol. The molecule has 3 heteroatoms. The lowest BCUT2D eigenvalue weighted by Gasteiger charge is -2.15. The Labute approximate surface area is 125 Å². The zero-order valence-corrected chi connectivity index (χ0v) is 12.0. The number of benzene rings is 2. The summed E-state index contributed by atoms with van der Waals surface area (Å²) < 4.78 is 0. The molecular formula is C18H20N2O. The van der Waals surface area contributed by atoms with Gasteiger partial charge in [-0.25, -0.2) is 4.79 Å². The van der Waals surface area contributed by atoms with Gasteiger partial charge in [-0.2, -0.15) is 0 Å². The number of rotatable bonds is 4. The van der Waals surface area contributed by atoms with Crippen LogP contribution in [0.1, 0.15) is 29.2 Å². The molecule has 1 aliphatic carbocycles. The van der Waals surface area contributed by atoms with Gasteiger partial charge in [-0.1, -0.05) is 54.6 Å². The minimum absolute atomic E-state index is 0.0763. The molecular weight excluding hydrogens is 260 g/mol. The first kappa shape index (κ1) is 13.7. The maximum Gasteiger partial charge on any atom is 0.315 e. The molecule has 1 atom stereocenters. The van der Waals surface area contributed by atoms with Crippen molar-refractivity contribution in [3.63, 3.8) is 0 Å². The van der Waals surface area contributed by atoms with E-state index in [4.69, 9.17) is 0 Å². The lowest BCUT2D eigenvalue weighted by molar-refractivity contribution is 0.237. The van der Waals surface area contributed by atoms with Crippen LogP contribution in [0.5, 0.6) is 0 Å². The minimum Gasteiger partial charge on any atom is -0.338 e. The normalized spacial score (nSPS) is 16.3. The van der Waals surface area contributed by atoms with Crippen molar-refractivity contribution in [2.45, 2.75) is 25.3 Å². The number of hydrogen-bond donors (Lipinski definition) is 2. The largest absolute Gasteiger partial charge is 0.338 e. The van der Waals surface area contributed by atoms with Crippen LogP contribution in [-0.4, -0.2) is 12.6 Å². The highest BCUT2D eigenvalue weighted by Gasteiger charge is 2.22. The zero-order valence-electron chi connectivity index (χ0n) is 12.0. The molecule has 1 aliphatic rings. The van der Waals surface area contributed by atoms with Crippen LogP contribution in [0.25, 0.3) is 0 Å². The number of carbonyl (C=O) groups excluding carboxylic acids is 1. The summed E-state index contributed by atoms with van der Waals surface area (Å²) in [6, 6.07) is 18.6. The molecule has 0 spiro atoms. The molecule has 0 bridgehead atoms. The molecule has 0 heterocycles. The molecule has 0 saturated carbocycles. The summed E-state index contributed by atoms with van der Waals surface area (Å²) in [6.45, 7) is 0.657. The van der Waals surface area contributed by atoms with E-state index in [-0.39, 0.29) is 12.1 Å². The molecule has 2 aromatic rings. The summed E-state index contributed by atoms with van der Waals surface area (Å²) in [5.41, 5.74) is 3.85. The van der Waals surface area contributed by atoms with Gasteiger partial charge < -0.3 is 10.6 Å². The summed E-state index contributed by atoms with van der Waals surface area (Å²) in [4.78, 5) is 12.0. The molecule has 2 N–H and O–H groups in total. The fourth-order valence-corrected chi connectivity index (χ4v) is 2.88. The van der Waals surface area contributed by atoms with E-state index >= 15 is 0 Å². The molecule has 1 unspecified atom stereocenters. The molecule has 3 rings (SSSR count). The van der Waals surface area contributed by atoms with Crippen molar-refractivity contribution in [2.24, 2.45) is 0 Å². The van der Waals surface area contributed by atoms with Crippen molar-refractivity contribution in [1.82, 2.24) is 10.6 Å². The first-order valence-electron chi connectivity index (χ1n) is 7.49. The lowest BCUT2D eigenvalue weighted by Crippen LogP contribution is -2.38. The predicted octanol–water partition coefficient (Wildman–Crippen LogP) is 3.22. The Morgan fingerprint density at radius 2 is 1.81 bits per heavy atom. The van der Waals surface area contributed by atoms with E-state index in [1.165, 1.54) is 16.7 Å². The second-order valence-corrected chi connectivity index (χ2v) is 5.43. The first-order valence-corrected chi connectivity index (χ1v) is 7.49. The highest BCUT2D eigenvalue weighted by Crippen LogP contribution is 2.30. The van der Waals surface area contributed by atoms with Crippen LogP contribution in [0, 0.1) is 0 Å². The Bertz CT molecular complexity index is 610. The lowest BCUT2D eigenvalue weighted by atomic mass is 10.1. The van der Waals surface area contributed by atoms with E-state index in [1.807, 2.05) is 24.3 Å². The van der Waals surface area contributed by atoms with Gasteiger partial charge in [0.1, 0.15) is 0 Å². The van der Waals surface area contributed by atoms with Crippen molar-refractivity contribution < 1.29 is 4.79 Å². The first-order chi connectivity index (χ1) is 10.3. The quantitative estimate of drug-likeness (QED) is 0.887. The van der Waals surface area contributed by atoms with Gasteiger partial charge in [0.15, 0.2) is 0 Å². The Morgan fingerprint density at radius 1 is 1.05 bits per heavy atom. The van der Waals surface area contributed by atoms with Crippen LogP contribution in [0.4, 0.5) is 4.79 Å². The van der Waals surface area contributed by atoms with Gasteiger partial charge >= 0.3 is 6.03 Å². The summed E-state index contributed by atoms with van der Waals surface area (Å²) >= 11 is 0. The van der Waals surface area contributed by atoms with E-state index in [2.05, 4.69) is 41.0 Å². The summed E-state index contributed by atoms with van der Waals surface area (Å²) in [6.07, 6.45) is 2.89. The maximum absolute atomic E-state index is 12.0. The van der Waals surface area contributed by atoms with Gasteiger partial charge in [-0.05, 0) is 36.0 Å². The predicted molar refractivity (Wildman–Crippen MR) is 84.2 cm³/mol. The fraction of sp³-hybridized carbons (Fsp3) is 0.278. The third kappa shape index (κ3) is 3.43. The maximum atomic E-state index is 12.0. The highest BCUT2D eigenvalue weighted by atomic mass is 16.2. The van der Waals surface area contributed by atoms with E-state index < -0.39 is 0 Å². The number of amides is 2. The molecule has 2 amide bonds. The topological polar surface area (TPSA) is 41.1 Å². The van der Waals surface area contributed by atoms with Crippen molar-refractivity contribution in [2.75, 3.05) is 6.54 Å². The van der Waals surface area contributed by atoms with Gasteiger partial charge in [0.2, 0.25) is 0 Å². The fourth-order valence-electron chi connectivity index (χ4n) is 2.88. The number of carbonyl (C=O) groups is 1. The third-order valence-corrected chi connectivity index (χ3v) is 3.98. The van der Waals surface area contributed by atoms with Gasteiger partial charge in [-0.3, -0.25) is 0 Å². The van der Waals surface area contributed by atoms with Crippen LogP contribution < -0.4 is 10.6 Å². The number of fused-ring (bicyclic) bond motifs is 1. The van der Waals surface area contributed by atoms with Crippen LogP contribution in [0.2, 0.25) is 0 Å². The SMILES string of the molecule is O=C(NCCc1ccccc1)NC1CCc2ccccc21. The molecule has 0 radical (unpaired) electrons. The van der Waals surface area contributed by atoms with Gasteiger partial charge in [0.05, 0.1) is 6.04 Å². The minimum atomic E-state index is -0.0763. The highest BCUT2D eigenvalue weighted by molar-refractivity contribution is 5.74. The van der Waals surface area contributed by atoms with E-state index in [9.17, 15) is 4.79 Å². The van der Waals surface area contributed by atoms with Crippen LogP contribution >= 0.6 is 0 Å². The van der Waals surface area contributed by atoms with Gasteiger partial charge in [0.25, 0.3) is 0 Å². The van der Waals surface area contributed by atoms with Crippen molar-refractivity contribution in [3.05, 3.63) is 71.3 Å². The number of aryl methyl sites for hydroxylation is 1. The van der Waals surface area contributed by atoms with Gasteiger partial charge in [0, 0.05) is 6.54 Å². The Balaban J connectivity index is 1.47. The van der Waals surface area contributed by atoms with E-state index in [0.717, 1.165) is 19.3 Å². The zero-order chi connectivity index (χ0) is 14.5. The van der Waals surface area contributed by atoms with Crippen LogP contribution in [0.15, 0.2) is 54.6 Å². The smallest absolute Gasteiger partial charge is 0.315 e. The molecule has 108 valence electrons. The summed E-state index contributed by atoms with van der Waals surface area (Å²) in [7, 11) is 0. The Hall–Kier alpha value is -2.29. The molecule has 21 heavy (non-hydrogen) atoms. The summed E-state index contributed by atoms with van der Waals surface area (Å²) in [5.74, 6) is 0.